The third-order valence-corrected chi connectivity index (χ3v) is 10.4. The number of rotatable bonds is 3. The van der Waals surface area contributed by atoms with Gasteiger partial charge in [-0.3, -0.25) is 0 Å². The van der Waals surface area contributed by atoms with Gasteiger partial charge in [0, 0.05) is 49.5 Å². The van der Waals surface area contributed by atoms with Crippen LogP contribution in [0.15, 0.2) is 133 Å². The molecule has 47 heavy (non-hydrogen) atoms. The summed E-state index contributed by atoms with van der Waals surface area (Å²) < 4.78 is 212. The molecule has 0 spiro atoms. The van der Waals surface area contributed by atoms with E-state index in [1.54, 1.807) is 0 Å². The molecule has 0 bridgehead atoms. The van der Waals surface area contributed by atoms with Gasteiger partial charge >= 0.3 is 0 Å². The van der Waals surface area contributed by atoms with Crippen molar-refractivity contribution in [1.82, 2.24) is 9.97 Å². The highest BCUT2D eigenvalue weighted by Gasteiger charge is 2.35. The molecule has 3 aromatic heterocycles. The molecule has 0 N–H and O–H groups in total. The van der Waals surface area contributed by atoms with Crippen molar-refractivity contribution in [1.29, 1.82) is 0 Å². The van der Waals surface area contributed by atoms with Gasteiger partial charge in [-0.15, -0.1) is 22.7 Å². The average Bonchev–Trinajstić information content (AvgIpc) is 4.00. The summed E-state index contributed by atoms with van der Waals surface area (Å²) in [7, 11) is 0. The van der Waals surface area contributed by atoms with E-state index < -0.39 is 161 Å². The maximum atomic E-state index is 9.60. The summed E-state index contributed by atoms with van der Waals surface area (Å²) >= 11 is 1.82. The molecule has 1 aliphatic carbocycles. The first-order chi connectivity index (χ1) is 33.1. The SMILES string of the molecule is [2H]c1c([2H])c(-c2ncnc3c2sc2ccc(-c4c([2H])c([2H])c5c(c4[2H])C(C([2H])([2H])[2H])(C([2H])([2H])[2H])c4c([2H])c([2H])c([2H])c([2H])c4-5)cc23)c([2H])c(-c2c([2H])c([2H])c([2H])c3c2sc2c([2H])c([2H])c([2H])c([2H])c23)c1[2H]. The Hall–Kier alpha value is -5.16. The first-order valence-electron chi connectivity index (χ1n) is 26.0. The smallest absolute Gasteiger partial charge is 0.116 e. The van der Waals surface area contributed by atoms with Crippen molar-refractivity contribution in [2.45, 2.75) is 19.1 Å². The number of nitrogens with zero attached hydrogens (tertiary/aromatic N) is 2. The van der Waals surface area contributed by atoms with Crippen LogP contribution in [0.1, 0.15) is 57.7 Å². The lowest BCUT2D eigenvalue weighted by molar-refractivity contribution is 0.660. The highest BCUT2D eigenvalue weighted by atomic mass is 32.1. The lowest BCUT2D eigenvalue weighted by Crippen LogP contribution is -2.14. The summed E-state index contributed by atoms with van der Waals surface area (Å²) in [5.41, 5.74) is -7.40. The molecule has 0 saturated heterocycles. The van der Waals surface area contributed by atoms with Crippen molar-refractivity contribution < 1.29 is 32.9 Å². The summed E-state index contributed by atoms with van der Waals surface area (Å²) in [4.78, 5) is 8.89. The van der Waals surface area contributed by atoms with Crippen molar-refractivity contribution in [3.05, 3.63) is 144 Å². The van der Waals surface area contributed by atoms with Crippen LogP contribution in [-0.4, -0.2) is 9.97 Å². The molecule has 0 radical (unpaired) electrons. The first-order valence-corrected chi connectivity index (χ1v) is 15.7. The number of hydrogen-bond donors (Lipinski definition) is 0. The Bertz CT molecular complexity index is 3950. The number of benzene rings is 6. The summed E-state index contributed by atoms with van der Waals surface area (Å²) in [6.07, 6.45) is 1.09. The van der Waals surface area contributed by atoms with Crippen molar-refractivity contribution in [3.63, 3.8) is 0 Å². The Morgan fingerprint density at radius 2 is 1.36 bits per heavy atom. The zero-order chi connectivity index (χ0) is 51.9. The van der Waals surface area contributed by atoms with Crippen LogP contribution in [0.4, 0.5) is 0 Å². The van der Waals surface area contributed by atoms with E-state index in [4.69, 9.17) is 27.4 Å². The number of hydrogen-bond acceptors (Lipinski definition) is 4. The molecule has 222 valence electrons. The van der Waals surface area contributed by atoms with Crippen LogP contribution in [0, 0.1) is 0 Å². The van der Waals surface area contributed by atoms with Gasteiger partial charge in [-0.1, -0.05) is 110 Å². The molecule has 4 heteroatoms. The maximum Gasteiger partial charge on any atom is 0.116 e. The topological polar surface area (TPSA) is 25.8 Å². The molecule has 0 amide bonds. The van der Waals surface area contributed by atoms with Gasteiger partial charge < -0.3 is 0 Å². The van der Waals surface area contributed by atoms with E-state index >= 15 is 0 Å². The summed E-state index contributed by atoms with van der Waals surface area (Å²) in [6.45, 7) is -7.22. The van der Waals surface area contributed by atoms with Gasteiger partial charge in [0.1, 0.15) is 6.33 Å². The third-order valence-electron chi connectivity index (χ3n) is 8.09. The van der Waals surface area contributed by atoms with Crippen molar-refractivity contribution in [2.24, 2.45) is 0 Å². The van der Waals surface area contributed by atoms with Crippen LogP contribution in [-0.2, 0) is 5.41 Å². The highest BCUT2D eigenvalue weighted by molar-refractivity contribution is 7.26. The second-order valence-electron chi connectivity index (χ2n) is 10.7. The van der Waals surface area contributed by atoms with Crippen LogP contribution in [0.3, 0.4) is 0 Å². The molecule has 0 saturated carbocycles. The van der Waals surface area contributed by atoms with Crippen molar-refractivity contribution >= 4 is 63.1 Å². The molecule has 0 fully saturated rings. The lowest BCUT2D eigenvalue weighted by atomic mass is 9.81. The van der Waals surface area contributed by atoms with E-state index in [2.05, 4.69) is 9.97 Å². The van der Waals surface area contributed by atoms with E-state index in [9.17, 15) is 5.48 Å². The van der Waals surface area contributed by atoms with Crippen LogP contribution < -0.4 is 0 Å². The molecule has 2 nitrogen and oxygen atoms in total. The molecule has 0 aliphatic heterocycles. The van der Waals surface area contributed by atoms with Gasteiger partial charge in [-0.2, -0.15) is 0 Å². The number of fused-ring (bicyclic) bond motifs is 9. The normalized spacial score (nSPS) is 21.3. The van der Waals surface area contributed by atoms with E-state index in [1.165, 1.54) is 18.2 Å². The highest BCUT2D eigenvalue weighted by Crippen LogP contribution is 2.50. The first kappa shape index (κ1) is 12.5. The summed E-state index contributed by atoms with van der Waals surface area (Å²) in [6, 6.07) is -8.11. The minimum atomic E-state index is -3.61. The molecule has 6 aromatic carbocycles. The molecule has 9 aromatic rings. The lowest BCUT2D eigenvalue weighted by Gasteiger charge is -2.22. The van der Waals surface area contributed by atoms with Crippen molar-refractivity contribution in [3.8, 4) is 44.6 Å². The van der Waals surface area contributed by atoms with Gasteiger partial charge in [0.25, 0.3) is 0 Å². The van der Waals surface area contributed by atoms with E-state index in [1.807, 2.05) is 0 Å². The predicted molar refractivity (Wildman–Crippen MR) is 202 cm³/mol. The van der Waals surface area contributed by atoms with Crippen LogP contribution in [0.25, 0.3) is 85.1 Å². The van der Waals surface area contributed by atoms with Gasteiger partial charge in [0.15, 0.2) is 0 Å². The quantitative estimate of drug-likeness (QED) is 0.188. The molecule has 1 aliphatic rings. The molecule has 10 rings (SSSR count). The standard InChI is InChI=1S/C43H28N2S2/c1-43(2)35-15-5-3-11-30(35)31-19-17-26(23-36(31)43)25-18-20-38-34(22-25)40-42(47-38)39(44-24-45-40)28-10-7-9-27(21-28)29-13-8-14-33-32-12-4-6-16-37(32)46-41(29)33/h3-24H,1-2H3/i1D3,2D3,3D,4D,5D,6D,7D,8D,9D,10D,11D,12D,13D,14D,15D,16D,17D,19D,21D,23D. The molecule has 3 heterocycles. The molecule has 0 atom stereocenters. The van der Waals surface area contributed by atoms with Gasteiger partial charge in [0.2, 0.25) is 0 Å². The Kier molecular flexibility index (Phi) is 2.63. The minimum absolute atomic E-state index is 0.00178. The second kappa shape index (κ2) is 9.92. The van der Waals surface area contributed by atoms with Crippen LogP contribution >= 0.6 is 22.7 Å². The maximum absolute atomic E-state index is 9.60. The molecular weight excluding hydrogens is 609 g/mol. The zero-order valence-corrected chi connectivity index (χ0v) is 25.2. The molecular formula is C43H28N2S2. The Balaban J connectivity index is 1.23. The summed E-state index contributed by atoms with van der Waals surface area (Å²) in [5, 5.41) is 0.0803. The largest absolute Gasteiger partial charge is 0.235 e. The number of aromatic nitrogens is 2. The molecule has 0 unspecified atom stereocenters. The Morgan fingerprint density at radius 3 is 2.32 bits per heavy atom. The third kappa shape index (κ3) is 3.95. The fraction of sp³-hybridized carbons (Fsp3) is 0.0698. The second-order valence-corrected chi connectivity index (χ2v) is 12.8. The van der Waals surface area contributed by atoms with E-state index in [0.717, 1.165) is 29.0 Å². The fourth-order valence-corrected chi connectivity index (χ4v) is 8.13. The fourth-order valence-electron chi connectivity index (χ4n) is 5.93. The predicted octanol–water partition coefficient (Wildman–Crippen LogP) is 12.5. The van der Waals surface area contributed by atoms with E-state index in [-0.39, 0.29) is 52.8 Å². The Labute approximate surface area is 314 Å². The van der Waals surface area contributed by atoms with Gasteiger partial charge in [-0.05, 0) is 74.8 Å². The minimum Gasteiger partial charge on any atom is -0.235 e. The van der Waals surface area contributed by atoms with Crippen LogP contribution in [0.5, 0.6) is 0 Å². The Morgan fingerprint density at radius 1 is 0.574 bits per heavy atom. The van der Waals surface area contributed by atoms with E-state index in [0.29, 0.717) is 10.1 Å². The average molecular weight is 661 g/mol. The van der Waals surface area contributed by atoms with Gasteiger partial charge in [0.05, 0.1) is 40.6 Å². The van der Waals surface area contributed by atoms with Crippen LogP contribution in [0.2, 0.25) is 0 Å². The van der Waals surface area contributed by atoms with Gasteiger partial charge in [-0.25, -0.2) is 9.97 Å². The summed E-state index contributed by atoms with van der Waals surface area (Å²) in [5.74, 6) is 0. The zero-order valence-electron chi connectivity index (χ0n) is 47.5. The van der Waals surface area contributed by atoms with Crippen molar-refractivity contribution in [2.75, 3.05) is 0 Å². The number of thiophene rings is 2. The monoisotopic (exact) mass is 660 g/mol.